The van der Waals surface area contributed by atoms with Crippen LogP contribution in [-0.2, 0) is 21.4 Å². The monoisotopic (exact) mass is 336 g/mol. The number of aromatic nitrogens is 1. The van der Waals surface area contributed by atoms with Crippen molar-refractivity contribution >= 4 is 16.0 Å². The molecule has 0 aliphatic heterocycles. The normalized spacial score (nSPS) is 11.4. The molecular weight excluding hydrogens is 320 g/mol. The molecule has 1 heterocycles. The van der Waals surface area contributed by atoms with Crippen LogP contribution in [0, 0.1) is 0 Å². The van der Waals surface area contributed by atoms with Crippen molar-refractivity contribution in [1.82, 2.24) is 9.29 Å². The summed E-state index contributed by atoms with van der Waals surface area (Å²) in [5.74, 6) is -0.716. The number of nitrogens with zero attached hydrogens (tertiary/aromatic N) is 2. The lowest BCUT2D eigenvalue weighted by Gasteiger charge is -2.20. The number of rotatable bonds is 7. The van der Waals surface area contributed by atoms with Crippen LogP contribution in [0.4, 0.5) is 0 Å². The molecule has 8 heteroatoms. The molecule has 0 aliphatic rings. The number of carboxylic acids is 1. The zero-order valence-corrected chi connectivity index (χ0v) is 13.2. The van der Waals surface area contributed by atoms with E-state index in [1.807, 2.05) is 0 Å². The van der Waals surface area contributed by atoms with Crippen molar-refractivity contribution < 1.29 is 23.1 Å². The zero-order valence-electron chi connectivity index (χ0n) is 12.4. The van der Waals surface area contributed by atoms with E-state index in [1.54, 1.807) is 18.3 Å². The number of carboxylic acid groups (broad SMARTS) is 1. The Bertz CT molecular complexity index is 760. The molecule has 2 aromatic rings. The van der Waals surface area contributed by atoms with Crippen molar-refractivity contribution in [1.29, 1.82) is 0 Å². The maximum absolute atomic E-state index is 12.7. The third kappa shape index (κ3) is 4.27. The van der Waals surface area contributed by atoms with E-state index in [0.29, 0.717) is 11.3 Å². The van der Waals surface area contributed by atoms with Crippen LogP contribution in [-0.4, -0.2) is 42.4 Å². The average Bonchev–Trinajstić information content (AvgIpc) is 2.55. The molecule has 23 heavy (non-hydrogen) atoms. The Morgan fingerprint density at radius 1 is 1.26 bits per heavy atom. The molecule has 1 N–H and O–H groups in total. The molecule has 0 saturated heterocycles. The van der Waals surface area contributed by atoms with Crippen molar-refractivity contribution in [2.24, 2.45) is 0 Å². The molecule has 2 rings (SSSR count). The van der Waals surface area contributed by atoms with Gasteiger partial charge in [0.2, 0.25) is 10.0 Å². The maximum atomic E-state index is 12.7. The lowest BCUT2D eigenvalue weighted by molar-refractivity contribution is -0.137. The van der Waals surface area contributed by atoms with Crippen LogP contribution in [0.5, 0.6) is 5.75 Å². The van der Waals surface area contributed by atoms with Gasteiger partial charge in [0.25, 0.3) is 0 Å². The standard InChI is InChI=1S/C15H16N2O5S/c1-22-13-4-6-14(7-5-13)23(20,21)17(11-15(18)19)10-12-3-2-8-16-9-12/h2-9H,10-11H2,1H3,(H,18,19). The van der Waals surface area contributed by atoms with E-state index in [0.717, 1.165) is 4.31 Å². The van der Waals surface area contributed by atoms with Crippen molar-refractivity contribution in [2.75, 3.05) is 13.7 Å². The van der Waals surface area contributed by atoms with E-state index in [4.69, 9.17) is 9.84 Å². The Balaban J connectivity index is 2.33. The predicted octanol–water partition coefficient (Wildman–Crippen LogP) is 1.37. The van der Waals surface area contributed by atoms with Gasteiger partial charge in [-0.25, -0.2) is 8.42 Å². The molecule has 0 aliphatic carbocycles. The van der Waals surface area contributed by atoms with Crippen molar-refractivity contribution in [3.8, 4) is 5.75 Å². The lowest BCUT2D eigenvalue weighted by atomic mass is 10.3. The molecule has 122 valence electrons. The number of pyridine rings is 1. The van der Waals surface area contributed by atoms with E-state index in [-0.39, 0.29) is 11.4 Å². The second kappa shape index (κ2) is 7.21. The number of methoxy groups -OCH3 is 1. The van der Waals surface area contributed by atoms with Gasteiger partial charge in [-0.05, 0) is 35.9 Å². The summed E-state index contributed by atoms with van der Waals surface area (Å²) in [6, 6.07) is 9.13. The van der Waals surface area contributed by atoms with E-state index < -0.39 is 22.5 Å². The Hall–Kier alpha value is -2.45. The number of sulfonamides is 1. The first kappa shape index (κ1) is 16.9. The molecule has 0 atom stereocenters. The second-order valence-electron chi connectivity index (χ2n) is 4.70. The summed E-state index contributed by atoms with van der Waals surface area (Å²) in [7, 11) is -2.48. The van der Waals surface area contributed by atoms with Gasteiger partial charge in [-0.1, -0.05) is 6.07 Å². The number of carbonyl (C=O) groups is 1. The van der Waals surface area contributed by atoms with E-state index >= 15 is 0 Å². The molecule has 0 saturated carbocycles. The molecule has 0 spiro atoms. The van der Waals surface area contributed by atoms with Crippen LogP contribution in [0.2, 0.25) is 0 Å². The minimum atomic E-state index is -3.95. The first-order valence-electron chi connectivity index (χ1n) is 6.68. The van der Waals surface area contributed by atoms with Crippen molar-refractivity contribution in [3.05, 3.63) is 54.4 Å². The van der Waals surface area contributed by atoms with E-state index in [2.05, 4.69) is 4.98 Å². The smallest absolute Gasteiger partial charge is 0.318 e. The highest BCUT2D eigenvalue weighted by molar-refractivity contribution is 7.89. The first-order valence-corrected chi connectivity index (χ1v) is 8.12. The Labute approximate surface area is 134 Å². The number of hydrogen-bond acceptors (Lipinski definition) is 5. The van der Waals surface area contributed by atoms with Crippen molar-refractivity contribution in [2.45, 2.75) is 11.4 Å². The molecule has 7 nitrogen and oxygen atoms in total. The molecule has 1 aromatic carbocycles. The van der Waals surface area contributed by atoms with Gasteiger partial charge in [0.15, 0.2) is 0 Å². The number of aliphatic carboxylic acids is 1. The van der Waals surface area contributed by atoms with Gasteiger partial charge in [-0.2, -0.15) is 4.31 Å². The van der Waals surface area contributed by atoms with Gasteiger partial charge in [0.05, 0.1) is 12.0 Å². The SMILES string of the molecule is COc1ccc(S(=O)(=O)N(CC(=O)O)Cc2cccnc2)cc1. The summed E-state index contributed by atoms with van der Waals surface area (Å²) in [4.78, 5) is 14.9. The lowest BCUT2D eigenvalue weighted by Crippen LogP contribution is -2.35. The summed E-state index contributed by atoms with van der Waals surface area (Å²) in [5.41, 5.74) is 0.603. The summed E-state index contributed by atoms with van der Waals surface area (Å²) in [6.07, 6.45) is 3.06. The highest BCUT2D eigenvalue weighted by atomic mass is 32.2. The zero-order chi connectivity index (χ0) is 16.9. The van der Waals surface area contributed by atoms with Crippen LogP contribution in [0.15, 0.2) is 53.7 Å². The van der Waals surface area contributed by atoms with Crippen LogP contribution < -0.4 is 4.74 Å². The number of hydrogen-bond donors (Lipinski definition) is 1. The molecule has 0 bridgehead atoms. The predicted molar refractivity (Wildman–Crippen MR) is 82.5 cm³/mol. The molecular formula is C15H16N2O5S. The van der Waals surface area contributed by atoms with Gasteiger partial charge in [0.1, 0.15) is 12.3 Å². The summed E-state index contributed by atoms with van der Waals surface area (Å²) < 4.78 is 31.2. The van der Waals surface area contributed by atoms with Gasteiger partial charge in [-0.3, -0.25) is 9.78 Å². The highest BCUT2D eigenvalue weighted by Gasteiger charge is 2.26. The largest absolute Gasteiger partial charge is 0.497 e. The quantitative estimate of drug-likeness (QED) is 0.820. The van der Waals surface area contributed by atoms with Crippen LogP contribution >= 0.6 is 0 Å². The molecule has 1 aromatic heterocycles. The van der Waals surface area contributed by atoms with Crippen LogP contribution in [0.3, 0.4) is 0 Å². The molecule has 0 fully saturated rings. The summed E-state index contributed by atoms with van der Waals surface area (Å²) >= 11 is 0. The Kier molecular flexibility index (Phi) is 5.30. The number of ether oxygens (including phenoxy) is 1. The third-order valence-electron chi connectivity index (χ3n) is 3.09. The van der Waals surface area contributed by atoms with Gasteiger partial charge >= 0.3 is 5.97 Å². The topological polar surface area (TPSA) is 96.8 Å². The molecule has 0 unspecified atom stereocenters. The Morgan fingerprint density at radius 2 is 1.96 bits per heavy atom. The second-order valence-corrected chi connectivity index (χ2v) is 6.64. The van der Waals surface area contributed by atoms with E-state index in [9.17, 15) is 13.2 Å². The third-order valence-corrected chi connectivity index (χ3v) is 4.90. The minimum Gasteiger partial charge on any atom is -0.497 e. The van der Waals surface area contributed by atoms with Crippen LogP contribution in [0.25, 0.3) is 0 Å². The van der Waals surface area contributed by atoms with E-state index in [1.165, 1.54) is 37.6 Å². The fourth-order valence-corrected chi connectivity index (χ4v) is 3.35. The van der Waals surface area contributed by atoms with Gasteiger partial charge < -0.3 is 9.84 Å². The highest BCUT2D eigenvalue weighted by Crippen LogP contribution is 2.21. The molecule has 0 amide bonds. The minimum absolute atomic E-state index is 0.00319. The average molecular weight is 336 g/mol. The maximum Gasteiger partial charge on any atom is 0.318 e. The summed E-state index contributed by atoms with van der Waals surface area (Å²) in [6.45, 7) is -0.711. The molecule has 0 radical (unpaired) electrons. The fourth-order valence-electron chi connectivity index (χ4n) is 1.97. The van der Waals surface area contributed by atoms with Crippen molar-refractivity contribution in [3.63, 3.8) is 0 Å². The van der Waals surface area contributed by atoms with Gasteiger partial charge in [0, 0.05) is 18.9 Å². The van der Waals surface area contributed by atoms with Crippen LogP contribution in [0.1, 0.15) is 5.56 Å². The Morgan fingerprint density at radius 3 is 2.48 bits per heavy atom. The fraction of sp³-hybridized carbons (Fsp3) is 0.200. The first-order chi connectivity index (χ1) is 10.9. The summed E-state index contributed by atoms with van der Waals surface area (Å²) in [5, 5.41) is 9.01. The van der Waals surface area contributed by atoms with Gasteiger partial charge in [-0.15, -0.1) is 0 Å². The number of benzene rings is 1.